The lowest BCUT2D eigenvalue weighted by Crippen LogP contribution is -2.25. The summed E-state index contributed by atoms with van der Waals surface area (Å²) in [5.74, 6) is 0.623. The van der Waals surface area contributed by atoms with Crippen LogP contribution in [0.4, 0.5) is 0 Å². The smallest absolute Gasteiger partial charge is 0.251 e. The second kappa shape index (κ2) is 5.91. The van der Waals surface area contributed by atoms with E-state index >= 15 is 0 Å². The van der Waals surface area contributed by atoms with Gasteiger partial charge in [0.25, 0.3) is 5.91 Å². The van der Waals surface area contributed by atoms with Crippen LogP contribution in [-0.2, 0) is 0 Å². The monoisotopic (exact) mass is 269 g/mol. The van der Waals surface area contributed by atoms with E-state index < -0.39 is 0 Å². The summed E-state index contributed by atoms with van der Waals surface area (Å²) in [6.45, 7) is 5.03. The molecule has 0 spiro atoms. The number of benzene rings is 1. The second-order valence-corrected chi connectivity index (χ2v) is 4.86. The average molecular weight is 270 g/mol. The van der Waals surface area contributed by atoms with Gasteiger partial charge in [-0.05, 0) is 36.6 Å². The van der Waals surface area contributed by atoms with Gasteiger partial charge in [0.1, 0.15) is 0 Å². The lowest BCUT2D eigenvalue weighted by atomic mass is 10.1. The fourth-order valence-corrected chi connectivity index (χ4v) is 1.44. The molecule has 0 atom stereocenters. The molecule has 0 aliphatic carbocycles. The van der Waals surface area contributed by atoms with Crippen LogP contribution < -0.4 is 5.32 Å². The van der Waals surface area contributed by atoms with E-state index in [0.717, 1.165) is 17.4 Å². The van der Waals surface area contributed by atoms with Crippen LogP contribution in [0.5, 0.6) is 0 Å². The van der Waals surface area contributed by atoms with E-state index in [1.54, 1.807) is 0 Å². The van der Waals surface area contributed by atoms with Gasteiger partial charge in [0.2, 0.25) is 0 Å². The van der Waals surface area contributed by atoms with Gasteiger partial charge >= 0.3 is 0 Å². The molecular weight excluding hydrogens is 254 g/mol. The summed E-state index contributed by atoms with van der Waals surface area (Å²) in [5.41, 5.74) is 0.710. The van der Waals surface area contributed by atoms with Crippen molar-refractivity contribution in [3.8, 4) is 0 Å². The van der Waals surface area contributed by atoms with Gasteiger partial charge in [-0.3, -0.25) is 4.79 Å². The summed E-state index contributed by atoms with van der Waals surface area (Å²) in [7, 11) is 0. The molecule has 2 nitrogen and oxygen atoms in total. The highest BCUT2D eigenvalue weighted by atomic mass is 79.9. The topological polar surface area (TPSA) is 29.1 Å². The fourth-order valence-electron chi connectivity index (χ4n) is 1.18. The zero-order valence-electron chi connectivity index (χ0n) is 9.09. The van der Waals surface area contributed by atoms with Crippen molar-refractivity contribution < 1.29 is 4.79 Å². The Morgan fingerprint density at radius 2 is 1.93 bits per heavy atom. The molecule has 0 radical (unpaired) electrons. The van der Waals surface area contributed by atoms with Crippen molar-refractivity contribution in [3.05, 3.63) is 34.3 Å². The molecule has 15 heavy (non-hydrogen) atoms. The molecule has 1 rings (SSSR count). The number of nitrogens with one attached hydrogen (secondary N) is 1. The molecule has 3 heteroatoms. The van der Waals surface area contributed by atoms with Crippen LogP contribution in [0, 0.1) is 5.92 Å². The Morgan fingerprint density at radius 3 is 2.47 bits per heavy atom. The maximum atomic E-state index is 11.6. The molecule has 0 fully saturated rings. The first kappa shape index (κ1) is 12.2. The molecule has 0 heterocycles. The molecule has 0 saturated carbocycles. The van der Waals surface area contributed by atoms with Crippen molar-refractivity contribution in [3.63, 3.8) is 0 Å². The normalized spacial score (nSPS) is 10.4. The predicted octanol–water partition coefficient (Wildman–Crippen LogP) is 3.23. The summed E-state index contributed by atoms with van der Waals surface area (Å²) in [4.78, 5) is 11.6. The van der Waals surface area contributed by atoms with Crippen LogP contribution in [-0.4, -0.2) is 12.5 Å². The van der Waals surface area contributed by atoms with Crippen molar-refractivity contribution in [1.82, 2.24) is 5.32 Å². The highest BCUT2D eigenvalue weighted by Gasteiger charge is 2.04. The van der Waals surface area contributed by atoms with E-state index in [1.165, 1.54) is 0 Å². The molecule has 1 N–H and O–H groups in total. The number of hydrogen-bond acceptors (Lipinski definition) is 1. The van der Waals surface area contributed by atoms with Crippen LogP contribution in [0.15, 0.2) is 28.7 Å². The van der Waals surface area contributed by atoms with E-state index in [1.807, 2.05) is 24.3 Å². The van der Waals surface area contributed by atoms with Gasteiger partial charge in [0.05, 0.1) is 0 Å². The zero-order valence-corrected chi connectivity index (χ0v) is 10.7. The van der Waals surface area contributed by atoms with Crippen molar-refractivity contribution in [2.24, 2.45) is 5.92 Å². The number of amides is 1. The number of carbonyl (C=O) groups excluding carboxylic acids is 1. The molecule has 1 aromatic rings. The Bertz CT molecular complexity index is 319. The standard InChI is InChI=1S/C12H16BrNO/c1-9(2)7-8-14-12(15)10-3-5-11(13)6-4-10/h3-6,9H,7-8H2,1-2H3,(H,14,15). The Balaban J connectivity index is 2.43. The second-order valence-electron chi connectivity index (χ2n) is 3.95. The Labute approximate surface area is 99.2 Å². The summed E-state index contributed by atoms with van der Waals surface area (Å²) in [6.07, 6.45) is 1.02. The van der Waals surface area contributed by atoms with Crippen LogP contribution >= 0.6 is 15.9 Å². The van der Waals surface area contributed by atoms with Gasteiger partial charge in [0.15, 0.2) is 0 Å². The SMILES string of the molecule is CC(C)CCNC(=O)c1ccc(Br)cc1. The van der Waals surface area contributed by atoms with Gasteiger partial charge in [-0.2, -0.15) is 0 Å². The summed E-state index contributed by atoms with van der Waals surface area (Å²) in [5, 5.41) is 2.90. The number of carbonyl (C=O) groups is 1. The minimum atomic E-state index is 0.00292. The number of halogens is 1. The first-order valence-electron chi connectivity index (χ1n) is 5.13. The third-order valence-electron chi connectivity index (χ3n) is 2.11. The zero-order chi connectivity index (χ0) is 11.3. The summed E-state index contributed by atoms with van der Waals surface area (Å²) in [6, 6.07) is 7.37. The third kappa shape index (κ3) is 4.47. The quantitative estimate of drug-likeness (QED) is 0.894. The molecule has 0 unspecified atom stereocenters. The lowest BCUT2D eigenvalue weighted by molar-refractivity contribution is 0.0952. The molecule has 0 saturated heterocycles. The van der Waals surface area contributed by atoms with Crippen LogP contribution in [0.2, 0.25) is 0 Å². The maximum absolute atomic E-state index is 11.6. The van der Waals surface area contributed by atoms with Gasteiger partial charge in [-0.15, -0.1) is 0 Å². The average Bonchev–Trinajstić information content (AvgIpc) is 2.18. The minimum absolute atomic E-state index is 0.00292. The number of hydrogen-bond donors (Lipinski definition) is 1. The molecule has 0 aromatic heterocycles. The first-order valence-corrected chi connectivity index (χ1v) is 5.92. The summed E-state index contributed by atoms with van der Waals surface area (Å²) >= 11 is 3.33. The molecule has 1 amide bonds. The van der Waals surface area contributed by atoms with Crippen molar-refractivity contribution in [1.29, 1.82) is 0 Å². The Hall–Kier alpha value is -0.830. The molecule has 0 aliphatic heterocycles. The van der Waals surface area contributed by atoms with Gasteiger partial charge < -0.3 is 5.32 Å². The van der Waals surface area contributed by atoms with Gasteiger partial charge in [0, 0.05) is 16.6 Å². The molecular formula is C12H16BrNO. The van der Waals surface area contributed by atoms with Crippen LogP contribution in [0.1, 0.15) is 30.6 Å². The van der Waals surface area contributed by atoms with Crippen molar-refractivity contribution >= 4 is 21.8 Å². The van der Waals surface area contributed by atoms with E-state index in [0.29, 0.717) is 11.5 Å². The fraction of sp³-hybridized carbons (Fsp3) is 0.417. The van der Waals surface area contributed by atoms with Crippen LogP contribution in [0.3, 0.4) is 0 Å². The highest BCUT2D eigenvalue weighted by molar-refractivity contribution is 9.10. The predicted molar refractivity (Wildman–Crippen MR) is 65.9 cm³/mol. The van der Waals surface area contributed by atoms with Gasteiger partial charge in [-0.1, -0.05) is 29.8 Å². The van der Waals surface area contributed by atoms with Gasteiger partial charge in [-0.25, -0.2) is 0 Å². The molecule has 1 aromatic carbocycles. The Kier molecular flexibility index (Phi) is 4.82. The summed E-state index contributed by atoms with van der Waals surface area (Å²) < 4.78 is 0.987. The first-order chi connectivity index (χ1) is 7.09. The molecule has 0 bridgehead atoms. The maximum Gasteiger partial charge on any atom is 0.251 e. The Morgan fingerprint density at radius 1 is 1.33 bits per heavy atom. The van der Waals surface area contributed by atoms with E-state index in [4.69, 9.17) is 0 Å². The number of rotatable bonds is 4. The highest BCUT2D eigenvalue weighted by Crippen LogP contribution is 2.10. The van der Waals surface area contributed by atoms with E-state index in [2.05, 4.69) is 35.1 Å². The van der Waals surface area contributed by atoms with Crippen LogP contribution in [0.25, 0.3) is 0 Å². The lowest BCUT2D eigenvalue weighted by Gasteiger charge is -2.07. The molecule has 0 aliphatic rings. The largest absolute Gasteiger partial charge is 0.352 e. The van der Waals surface area contributed by atoms with Crippen molar-refractivity contribution in [2.45, 2.75) is 20.3 Å². The van der Waals surface area contributed by atoms with Crippen molar-refractivity contribution in [2.75, 3.05) is 6.54 Å². The third-order valence-corrected chi connectivity index (χ3v) is 2.64. The van der Waals surface area contributed by atoms with E-state index in [-0.39, 0.29) is 5.91 Å². The minimum Gasteiger partial charge on any atom is -0.352 e. The molecule has 82 valence electrons. The van der Waals surface area contributed by atoms with E-state index in [9.17, 15) is 4.79 Å².